The zero-order chi connectivity index (χ0) is 8.91. The van der Waals surface area contributed by atoms with Crippen LogP contribution >= 0.6 is 11.9 Å². The van der Waals surface area contributed by atoms with Crippen LogP contribution in [0.25, 0.3) is 0 Å². The Hall–Kier alpha value is 0.0500. The molecule has 0 saturated carbocycles. The van der Waals surface area contributed by atoms with E-state index >= 15 is 0 Å². The lowest BCUT2D eigenvalue weighted by molar-refractivity contribution is 0.530. The number of nitrogens with two attached hydrogens (primary N) is 1. The van der Waals surface area contributed by atoms with E-state index in [1.165, 1.54) is 23.3 Å². The molecule has 0 heterocycles. The third kappa shape index (κ3) is 4.49. The highest BCUT2D eigenvalue weighted by Crippen LogP contribution is 2.31. The highest BCUT2D eigenvalue weighted by Gasteiger charge is 2.15. The maximum atomic E-state index is 5.55. The predicted octanol–water partition coefficient (Wildman–Crippen LogP) is 3.32. The van der Waals surface area contributed by atoms with Gasteiger partial charge >= 0.3 is 0 Å². The molecular weight excluding hydrogens is 154 g/mol. The first-order chi connectivity index (χ1) is 5.02. The SMILES string of the molecule is CCC/C=C(\SN)C(C)(C)C. The molecular formula is C9H19NS. The maximum Gasteiger partial charge on any atom is 0.00148 e. The number of unbranched alkanes of at least 4 members (excludes halogenated alkanes) is 1. The monoisotopic (exact) mass is 173 g/mol. The van der Waals surface area contributed by atoms with Gasteiger partial charge in [0.05, 0.1) is 0 Å². The summed E-state index contributed by atoms with van der Waals surface area (Å²) in [7, 11) is 0. The molecule has 0 atom stereocenters. The van der Waals surface area contributed by atoms with Gasteiger partial charge < -0.3 is 0 Å². The van der Waals surface area contributed by atoms with Gasteiger partial charge in [0.1, 0.15) is 0 Å². The van der Waals surface area contributed by atoms with Crippen LogP contribution in [0.4, 0.5) is 0 Å². The van der Waals surface area contributed by atoms with E-state index in [9.17, 15) is 0 Å². The van der Waals surface area contributed by atoms with Crippen LogP contribution in [0.15, 0.2) is 11.0 Å². The molecule has 0 spiro atoms. The Labute approximate surface area is 74.6 Å². The van der Waals surface area contributed by atoms with Crippen LogP contribution < -0.4 is 5.14 Å². The summed E-state index contributed by atoms with van der Waals surface area (Å²) in [5.74, 6) is 0. The molecule has 0 aliphatic rings. The predicted molar refractivity (Wildman–Crippen MR) is 54.2 cm³/mol. The average Bonchev–Trinajstić information content (AvgIpc) is 1.87. The normalized spacial score (nSPS) is 13.7. The van der Waals surface area contributed by atoms with Crippen LogP contribution in [0.1, 0.15) is 40.5 Å². The van der Waals surface area contributed by atoms with Crippen molar-refractivity contribution in [3.8, 4) is 0 Å². The van der Waals surface area contributed by atoms with E-state index in [1.807, 2.05) is 0 Å². The molecule has 0 aromatic carbocycles. The Morgan fingerprint density at radius 1 is 1.45 bits per heavy atom. The number of hydrogen-bond donors (Lipinski definition) is 1. The molecule has 0 aliphatic heterocycles. The first-order valence-electron chi connectivity index (χ1n) is 4.09. The van der Waals surface area contributed by atoms with Crippen molar-refractivity contribution >= 4 is 11.9 Å². The highest BCUT2D eigenvalue weighted by molar-refractivity contribution is 8.00. The Bertz CT molecular complexity index is 133. The molecule has 0 aromatic heterocycles. The molecule has 0 saturated heterocycles. The molecule has 2 N–H and O–H groups in total. The number of allylic oxidation sites excluding steroid dienone is 2. The van der Waals surface area contributed by atoms with Crippen molar-refractivity contribution in [3.63, 3.8) is 0 Å². The van der Waals surface area contributed by atoms with Crippen LogP contribution in [0.5, 0.6) is 0 Å². The quantitative estimate of drug-likeness (QED) is 0.662. The Kier molecular flexibility index (Phi) is 4.86. The van der Waals surface area contributed by atoms with Gasteiger partial charge in [0, 0.05) is 4.91 Å². The van der Waals surface area contributed by atoms with Gasteiger partial charge in [-0.2, -0.15) is 0 Å². The minimum Gasteiger partial charge on any atom is -0.274 e. The fourth-order valence-electron chi connectivity index (χ4n) is 0.807. The Balaban J connectivity index is 4.16. The van der Waals surface area contributed by atoms with E-state index in [2.05, 4.69) is 33.8 Å². The lowest BCUT2D eigenvalue weighted by Crippen LogP contribution is -2.08. The van der Waals surface area contributed by atoms with Crippen molar-refractivity contribution < 1.29 is 0 Å². The van der Waals surface area contributed by atoms with Crippen molar-refractivity contribution in [2.75, 3.05) is 0 Å². The van der Waals surface area contributed by atoms with Crippen LogP contribution in [0.3, 0.4) is 0 Å². The van der Waals surface area contributed by atoms with E-state index in [1.54, 1.807) is 0 Å². The van der Waals surface area contributed by atoms with Crippen molar-refractivity contribution in [1.82, 2.24) is 0 Å². The zero-order valence-electron chi connectivity index (χ0n) is 7.98. The topological polar surface area (TPSA) is 26.0 Å². The zero-order valence-corrected chi connectivity index (χ0v) is 8.79. The molecule has 0 fully saturated rings. The lowest BCUT2D eigenvalue weighted by Gasteiger charge is -2.20. The molecule has 11 heavy (non-hydrogen) atoms. The summed E-state index contributed by atoms with van der Waals surface area (Å²) in [5, 5.41) is 5.55. The minimum absolute atomic E-state index is 0.217. The number of rotatable bonds is 3. The molecule has 0 rings (SSSR count). The van der Waals surface area contributed by atoms with Crippen molar-refractivity contribution in [1.29, 1.82) is 0 Å². The molecule has 0 radical (unpaired) electrons. The molecule has 2 heteroatoms. The lowest BCUT2D eigenvalue weighted by atomic mass is 9.95. The van der Waals surface area contributed by atoms with Gasteiger partial charge in [-0.15, -0.1) is 0 Å². The van der Waals surface area contributed by atoms with Gasteiger partial charge in [0.2, 0.25) is 0 Å². The Morgan fingerprint density at radius 3 is 2.27 bits per heavy atom. The fourth-order valence-corrected chi connectivity index (χ4v) is 1.37. The second-order valence-electron chi connectivity index (χ2n) is 3.72. The van der Waals surface area contributed by atoms with E-state index in [0.29, 0.717) is 0 Å². The second kappa shape index (κ2) is 4.83. The third-order valence-corrected chi connectivity index (χ3v) is 2.52. The van der Waals surface area contributed by atoms with E-state index in [4.69, 9.17) is 5.14 Å². The smallest absolute Gasteiger partial charge is 0.00148 e. The first-order valence-corrected chi connectivity index (χ1v) is 4.97. The summed E-state index contributed by atoms with van der Waals surface area (Å²) in [6.07, 6.45) is 4.57. The van der Waals surface area contributed by atoms with Gasteiger partial charge in [0.15, 0.2) is 0 Å². The highest BCUT2D eigenvalue weighted by atomic mass is 32.2. The molecule has 0 aromatic rings. The minimum atomic E-state index is 0.217. The molecule has 0 amide bonds. The summed E-state index contributed by atoms with van der Waals surface area (Å²) in [6.45, 7) is 8.75. The van der Waals surface area contributed by atoms with Gasteiger partial charge in [-0.05, 0) is 11.8 Å². The van der Waals surface area contributed by atoms with E-state index in [-0.39, 0.29) is 5.41 Å². The van der Waals surface area contributed by atoms with Crippen LogP contribution in [-0.2, 0) is 0 Å². The second-order valence-corrected chi connectivity index (χ2v) is 4.40. The van der Waals surface area contributed by atoms with Gasteiger partial charge in [-0.1, -0.05) is 52.1 Å². The van der Waals surface area contributed by atoms with Gasteiger partial charge in [-0.3, -0.25) is 5.14 Å². The summed E-state index contributed by atoms with van der Waals surface area (Å²) >= 11 is 1.38. The van der Waals surface area contributed by atoms with Gasteiger partial charge in [0.25, 0.3) is 0 Å². The maximum absolute atomic E-state index is 5.55. The summed E-state index contributed by atoms with van der Waals surface area (Å²) in [4.78, 5) is 1.29. The largest absolute Gasteiger partial charge is 0.274 e. The van der Waals surface area contributed by atoms with Crippen LogP contribution in [0, 0.1) is 5.41 Å². The molecule has 66 valence electrons. The summed E-state index contributed by atoms with van der Waals surface area (Å²) < 4.78 is 0. The van der Waals surface area contributed by atoms with E-state index < -0.39 is 0 Å². The van der Waals surface area contributed by atoms with Crippen molar-refractivity contribution in [2.45, 2.75) is 40.5 Å². The van der Waals surface area contributed by atoms with Crippen molar-refractivity contribution in [3.05, 3.63) is 11.0 Å². The van der Waals surface area contributed by atoms with Crippen molar-refractivity contribution in [2.24, 2.45) is 10.6 Å². The molecule has 1 nitrogen and oxygen atoms in total. The molecule has 0 aliphatic carbocycles. The van der Waals surface area contributed by atoms with Gasteiger partial charge in [-0.25, -0.2) is 0 Å². The Morgan fingerprint density at radius 2 is 2.00 bits per heavy atom. The van der Waals surface area contributed by atoms with Crippen LogP contribution in [0.2, 0.25) is 0 Å². The molecule has 0 bridgehead atoms. The van der Waals surface area contributed by atoms with Crippen LogP contribution in [-0.4, -0.2) is 0 Å². The summed E-state index contributed by atoms with van der Waals surface area (Å²) in [6, 6.07) is 0. The standard InChI is InChI=1S/C9H19NS/c1-5-6-7-8(11-10)9(2,3)4/h7H,5-6,10H2,1-4H3/b8-7-. The fraction of sp³-hybridized carbons (Fsp3) is 0.778. The number of hydrogen-bond acceptors (Lipinski definition) is 2. The molecule has 0 unspecified atom stereocenters. The van der Waals surface area contributed by atoms with E-state index in [0.717, 1.165) is 6.42 Å². The first kappa shape index (κ1) is 11.1. The summed E-state index contributed by atoms with van der Waals surface area (Å²) in [5.41, 5.74) is 0.217. The average molecular weight is 173 g/mol. The third-order valence-electron chi connectivity index (χ3n) is 1.48.